The summed E-state index contributed by atoms with van der Waals surface area (Å²) in [5.74, 6) is 0.498. The number of oxazole rings is 1. The van der Waals surface area contributed by atoms with Gasteiger partial charge in [0, 0.05) is 10.6 Å². The lowest BCUT2D eigenvalue weighted by Crippen LogP contribution is -2.03. The second-order valence-electron chi connectivity index (χ2n) is 7.43. The number of carboxylic acids is 1. The molecule has 1 aromatic heterocycles. The molecule has 0 fully saturated rings. The highest BCUT2D eigenvalue weighted by Crippen LogP contribution is 2.25. The molecule has 0 bridgehead atoms. The van der Waals surface area contributed by atoms with Crippen molar-refractivity contribution >= 4 is 17.6 Å². The largest absolute Gasteiger partial charge is 0.488 e. The van der Waals surface area contributed by atoms with Gasteiger partial charge in [0.2, 0.25) is 5.89 Å². The number of hydrogen-bond acceptors (Lipinski definition) is 5. The molecule has 4 aromatic rings. The van der Waals surface area contributed by atoms with Crippen LogP contribution in [-0.4, -0.2) is 16.1 Å². The van der Waals surface area contributed by atoms with E-state index in [4.69, 9.17) is 25.5 Å². The van der Waals surface area contributed by atoms with Crippen molar-refractivity contribution in [3.63, 3.8) is 0 Å². The summed E-state index contributed by atoms with van der Waals surface area (Å²) in [4.78, 5) is 15.9. The Morgan fingerprint density at radius 1 is 0.970 bits per heavy atom. The van der Waals surface area contributed by atoms with Gasteiger partial charge in [-0.1, -0.05) is 54.1 Å². The lowest BCUT2D eigenvalue weighted by Gasteiger charge is -2.10. The molecule has 0 aliphatic carbocycles. The van der Waals surface area contributed by atoms with Crippen molar-refractivity contribution in [2.45, 2.75) is 26.7 Å². The molecule has 0 aliphatic heterocycles. The number of nitrogens with zero attached hydrogens (tertiary/aromatic N) is 1. The molecule has 3 aromatic carbocycles. The van der Waals surface area contributed by atoms with Crippen molar-refractivity contribution in [1.29, 1.82) is 0 Å². The van der Waals surface area contributed by atoms with Gasteiger partial charge in [0.1, 0.15) is 29.4 Å². The first kappa shape index (κ1) is 22.6. The van der Waals surface area contributed by atoms with Crippen LogP contribution in [0.3, 0.4) is 0 Å². The Morgan fingerprint density at radius 3 is 2.36 bits per heavy atom. The third kappa shape index (κ3) is 5.80. The first-order chi connectivity index (χ1) is 16.0. The molecule has 6 nitrogen and oxygen atoms in total. The Hall–Kier alpha value is -3.61. The summed E-state index contributed by atoms with van der Waals surface area (Å²) in [7, 11) is 0. The molecule has 7 heteroatoms. The van der Waals surface area contributed by atoms with Gasteiger partial charge >= 0.3 is 5.97 Å². The van der Waals surface area contributed by atoms with Gasteiger partial charge in [-0.2, -0.15) is 0 Å². The smallest absolute Gasteiger partial charge is 0.339 e. The van der Waals surface area contributed by atoms with Crippen LogP contribution in [-0.2, 0) is 24.6 Å². The maximum Gasteiger partial charge on any atom is 0.339 e. The summed E-state index contributed by atoms with van der Waals surface area (Å²) >= 11 is 5.96. The molecule has 0 unspecified atom stereocenters. The number of hydrogen-bond donors (Lipinski definition) is 1. The third-order valence-electron chi connectivity index (χ3n) is 5.01. The van der Waals surface area contributed by atoms with Crippen LogP contribution in [0.1, 0.15) is 32.9 Å². The molecule has 1 N–H and O–H groups in total. The van der Waals surface area contributed by atoms with Crippen LogP contribution in [0.2, 0.25) is 5.02 Å². The van der Waals surface area contributed by atoms with E-state index in [1.165, 1.54) is 18.2 Å². The van der Waals surface area contributed by atoms with Gasteiger partial charge in [-0.15, -0.1) is 0 Å². The van der Waals surface area contributed by atoms with E-state index in [0.717, 1.165) is 28.1 Å². The summed E-state index contributed by atoms with van der Waals surface area (Å²) in [5.41, 5.74) is 3.67. The summed E-state index contributed by atoms with van der Waals surface area (Å²) in [6, 6.07) is 21.9. The van der Waals surface area contributed by atoms with E-state index in [1.54, 1.807) is 0 Å². The monoisotopic (exact) mass is 463 g/mol. The molecule has 0 spiro atoms. The number of aromatic nitrogens is 1. The molecule has 0 saturated heterocycles. The number of ether oxygens (including phenoxy) is 2. The van der Waals surface area contributed by atoms with Crippen LogP contribution in [0.15, 0.2) is 77.2 Å². The molecule has 33 heavy (non-hydrogen) atoms. The van der Waals surface area contributed by atoms with Gasteiger partial charge in [0.15, 0.2) is 0 Å². The Labute approximate surface area is 196 Å². The first-order valence-electron chi connectivity index (χ1n) is 10.3. The van der Waals surface area contributed by atoms with E-state index in [1.807, 2.05) is 61.5 Å². The minimum absolute atomic E-state index is 0.0722. The highest BCUT2D eigenvalue weighted by Gasteiger charge is 2.13. The quantitative estimate of drug-likeness (QED) is 0.314. The molecule has 1 heterocycles. The van der Waals surface area contributed by atoms with Crippen molar-refractivity contribution in [1.82, 2.24) is 4.98 Å². The van der Waals surface area contributed by atoms with Crippen LogP contribution in [0.5, 0.6) is 5.75 Å². The lowest BCUT2D eigenvalue weighted by atomic mass is 10.1. The maximum absolute atomic E-state index is 11.3. The number of rotatable bonds is 9. The SMILES string of the molecule is Cc1oc(-c2ccccc2)nc1COCc1ccc(COc2cc(Cl)ccc2C(=O)O)cc1. The topological polar surface area (TPSA) is 81.8 Å². The first-order valence-corrected chi connectivity index (χ1v) is 10.7. The summed E-state index contributed by atoms with van der Waals surface area (Å²) in [6.45, 7) is 2.87. The van der Waals surface area contributed by atoms with Crippen LogP contribution in [0.4, 0.5) is 0 Å². The van der Waals surface area contributed by atoms with Crippen LogP contribution in [0.25, 0.3) is 11.5 Å². The van der Waals surface area contributed by atoms with Gasteiger partial charge in [0.25, 0.3) is 0 Å². The standard InChI is InChI=1S/C26H22ClNO5/c1-17-23(28-25(33-17)20-5-3-2-4-6-20)16-31-14-18-7-9-19(10-8-18)15-32-24-13-21(27)11-12-22(24)26(29)30/h2-13H,14-16H2,1H3,(H,29,30). The maximum atomic E-state index is 11.3. The number of carbonyl (C=O) groups is 1. The molecule has 4 rings (SSSR count). The van der Waals surface area contributed by atoms with E-state index in [9.17, 15) is 9.90 Å². The molecule has 0 radical (unpaired) electrons. The van der Waals surface area contributed by atoms with Crippen molar-refractivity contribution < 1.29 is 23.8 Å². The normalized spacial score (nSPS) is 10.8. The van der Waals surface area contributed by atoms with Crippen molar-refractivity contribution in [2.24, 2.45) is 0 Å². The van der Waals surface area contributed by atoms with Crippen LogP contribution < -0.4 is 4.74 Å². The second kappa shape index (κ2) is 10.3. The van der Waals surface area contributed by atoms with Gasteiger partial charge in [-0.3, -0.25) is 0 Å². The molecular weight excluding hydrogens is 442 g/mol. The Bertz CT molecular complexity index is 1240. The zero-order valence-electron chi connectivity index (χ0n) is 18.0. The van der Waals surface area contributed by atoms with Crippen molar-refractivity contribution in [3.05, 3.63) is 106 Å². The number of halogens is 1. The minimum atomic E-state index is -1.06. The van der Waals surface area contributed by atoms with E-state index in [-0.39, 0.29) is 17.9 Å². The lowest BCUT2D eigenvalue weighted by molar-refractivity contribution is 0.0691. The number of carboxylic acid groups (broad SMARTS) is 1. The predicted molar refractivity (Wildman–Crippen MR) is 124 cm³/mol. The van der Waals surface area contributed by atoms with E-state index in [2.05, 4.69) is 4.98 Å². The van der Waals surface area contributed by atoms with E-state index >= 15 is 0 Å². The summed E-state index contributed by atoms with van der Waals surface area (Å²) < 4.78 is 17.3. The fourth-order valence-corrected chi connectivity index (χ4v) is 3.38. The fourth-order valence-electron chi connectivity index (χ4n) is 3.22. The second-order valence-corrected chi connectivity index (χ2v) is 7.87. The molecule has 0 amide bonds. The fraction of sp³-hybridized carbons (Fsp3) is 0.154. The highest BCUT2D eigenvalue weighted by molar-refractivity contribution is 6.30. The van der Waals surface area contributed by atoms with Gasteiger partial charge in [-0.25, -0.2) is 9.78 Å². The van der Waals surface area contributed by atoms with Gasteiger partial charge in [0.05, 0.1) is 13.2 Å². The Kier molecular flexibility index (Phi) is 7.07. The number of aromatic carboxylic acids is 1. The predicted octanol–water partition coefficient (Wildman–Crippen LogP) is 6.30. The van der Waals surface area contributed by atoms with Crippen LogP contribution in [0, 0.1) is 6.92 Å². The Balaban J connectivity index is 1.31. The van der Waals surface area contributed by atoms with E-state index in [0.29, 0.717) is 24.1 Å². The highest BCUT2D eigenvalue weighted by atomic mass is 35.5. The molecule has 168 valence electrons. The van der Waals surface area contributed by atoms with Gasteiger partial charge in [-0.05, 0) is 48.4 Å². The average Bonchev–Trinajstić information content (AvgIpc) is 3.19. The Morgan fingerprint density at radius 2 is 1.67 bits per heavy atom. The summed E-state index contributed by atoms with van der Waals surface area (Å²) in [6.07, 6.45) is 0. The number of aryl methyl sites for hydroxylation is 1. The third-order valence-corrected chi connectivity index (χ3v) is 5.25. The average molecular weight is 464 g/mol. The summed E-state index contributed by atoms with van der Waals surface area (Å²) in [5, 5.41) is 9.70. The zero-order valence-corrected chi connectivity index (χ0v) is 18.7. The minimum Gasteiger partial charge on any atom is -0.488 e. The molecular formula is C26H22ClNO5. The van der Waals surface area contributed by atoms with Crippen molar-refractivity contribution in [3.8, 4) is 17.2 Å². The van der Waals surface area contributed by atoms with Gasteiger partial charge < -0.3 is 19.0 Å². The molecule has 0 saturated carbocycles. The molecule has 0 aliphatic rings. The molecule has 0 atom stereocenters. The van der Waals surface area contributed by atoms with Crippen molar-refractivity contribution in [2.75, 3.05) is 0 Å². The zero-order chi connectivity index (χ0) is 23.2. The van der Waals surface area contributed by atoms with Crippen LogP contribution >= 0.6 is 11.6 Å². The number of benzene rings is 3. The van der Waals surface area contributed by atoms with E-state index < -0.39 is 5.97 Å².